The van der Waals surface area contributed by atoms with Gasteiger partial charge in [-0.2, -0.15) is 24.8 Å². The van der Waals surface area contributed by atoms with Crippen LogP contribution in [-0.2, 0) is 57.9 Å². The number of nitrogens with one attached hydrogen (secondary N) is 4. The number of aryl methyl sites for hydroxylation is 4. The normalized spacial score (nSPS) is 14.1. The van der Waals surface area contributed by atoms with Crippen molar-refractivity contribution in [2.75, 3.05) is 14.1 Å². The molecule has 20 heteroatoms. The number of fused-ring (bicyclic) bond motifs is 20. The number of hydrogen-bond donors (Lipinski definition) is 7. The van der Waals surface area contributed by atoms with Crippen LogP contribution >= 0.6 is 22.6 Å². The van der Waals surface area contributed by atoms with Crippen LogP contribution in [0.4, 0.5) is 4.39 Å². The summed E-state index contributed by atoms with van der Waals surface area (Å²) in [7, 11) is 4.02. The molecular weight excluding hydrogens is 1400 g/mol. The molecule has 18 nitrogen and oxygen atoms in total. The van der Waals surface area contributed by atoms with Crippen LogP contribution < -0.4 is 0 Å². The number of H-pyrrole nitrogens is 4. The van der Waals surface area contributed by atoms with Crippen LogP contribution in [0, 0.1) is 9.52 Å². The number of rotatable bonds is 7. The largest absolute Gasteiger partial charge is 0.508 e. The van der Waals surface area contributed by atoms with Crippen LogP contribution in [0.5, 0.6) is 11.5 Å². The Hall–Kier alpha value is -11.1. The van der Waals surface area contributed by atoms with Crippen molar-refractivity contribution in [2.45, 2.75) is 109 Å². The number of aromatic amines is 4. The molecule has 4 aliphatic carbocycles. The number of pyridine rings is 5. The number of aromatic carboxylic acids is 1. The van der Waals surface area contributed by atoms with E-state index in [1.165, 1.54) is 111 Å². The highest BCUT2D eigenvalue weighted by molar-refractivity contribution is 14.1. The summed E-state index contributed by atoms with van der Waals surface area (Å²) in [6.45, 7) is 0.699. The first-order valence-electron chi connectivity index (χ1n) is 35.4. The predicted molar refractivity (Wildman–Crippen MR) is 412 cm³/mol. The Labute approximate surface area is 604 Å². The van der Waals surface area contributed by atoms with Crippen LogP contribution in [0.25, 0.3) is 132 Å². The third kappa shape index (κ3) is 12.2. The Morgan fingerprint density at radius 2 is 0.757 bits per heavy atom. The minimum atomic E-state index is -0.910. The number of carboxylic acid groups (broad SMARTS) is 1. The molecular formula is C83H72FIN14O4. The third-order valence-electron chi connectivity index (χ3n) is 21.0. The lowest BCUT2D eigenvalue weighted by atomic mass is 9.85. The number of phenols is 2. The van der Waals surface area contributed by atoms with E-state index in [2.05, 4.69) is 104 Å². The van der Waals surface area contributed by atoms with Crippen molar-refractivity contribution in [1.29, 1.82) is 0 Å². The molecule has 0 bridgehead atoms. The lowest BCUT2D eigenvalue weighted by molar-refractivity contribution is 0.0696. The van der Waals surface area contributed by atoms with E-state index in [9.17, 15) is 19.4 Å². The monoisotopic (exact) mass is 1470 g/mol. The van der Waals surface area contributed by atoms with Crippen molar-refractivity contribution >= 4 is 116 Å². The Morgan fingerprint density at radius 1 is 0.417 bits per heavy atom. The van der Waals surface area contributed by atoms with Crippen molar-refractivity contribution < 1.29 is 24.5 Å². The molecule has 4 aliphatic rings. The minimum absolute atomic E-state index is 0.295. The number of carboxylic acids is 1. The number of hydrogen-bond acceptors (Lipinski definition) is 13. The number of aromatic hydroxyl groups is 2. The number of aromatic nitrogens is 13. The van der Waals surface area contributed by atoms with E-state index in [4.69, 9.17) is 25.0 Å². The zero-order valence-corrected chi connectivity index (χ0v) is 59.1. The summed E-state index contributed by atoms with van der Waals surface area (Å²) in [5.74, 6) is -0.716. The molecule has 0 amide bonds. The van der Waals surface area contributed by atoms with Crippen molar-refractivity contribution in [3.05, 3.63) is 217 Å². The first-order chi connectivity index (χ1) is 50.4. The maximum absolute atomic E-state index is 13.2. The summed E-state index contributed by atoms with van der Waals surface area (Å²) in [5, 5.41) is 67.8. The third-order valence-corrected chi connectivity index (χ3v) is 21.9. The van der Waals surface area contributed by atoms with Gasteiger partial charge in [0, 0.05) is 83.6 Å². The van der Waals surface area contributed by atoms with Crippen molar-refractivity contribution in [1.82, 2.24) is 70.6 Å². The molecule has 20 rings (SSSR count). The number of phenolic OH excluding ortho intramolecular Hbond substituents is 2. The maximum atomic E-state index is 13.2. The zero-order valence-electron chi connectivity index (χ0n) is 56.9. The standard InChI is InChI=1S/C23H24N4O.C21H17N3O2.C20H16IN3O.C19H15FN4/c1-27(2)13-15-11-14(7-10-21(15)28)23-17-6-4-3-5-16(17)22-18-12-24-26-19(18)8-9-20(22)25-23;25-21(26)13-7-5-12(6-8-13)20-15-4-2-1-3-14(15)19-16-11-22-24-17(16)9-10-18(19)23-20;21-15-9-11(5-8-18(15)25)20-13-4-2-1-3-12(13)19-14-10-22-24-16(14)6-7-17(19)23-20;20-17-8-5-11(9-21-17)19-13-4-2-1-3-12(13)18-14-10-22-24-15(14)6-7-16(18)23-19/h7-12,28H,3-6,13H2,1-2H3,(H,24,26);5-11H,1-4H2,(H,22,24)(H,25,26);5-10,25H,1-4H2,(H,22,24);5-10H,1-4H2,(H,22,24). The van der Waals surface area contributed by atoms with Gasteiger partial charge >= 0.3 is 5.97 Å². The highest BCUT2D eigenvalue weighted by atomic mass is 127. The van der Waals surface area contributed by atoms with E-state index in [1.807, 2.05) is 93.5 Å². The molecule has 7 aromatic carbocycles. The molecule has 0 fully saturated rings. The molecule has 0 saturated carbocycles. The molecule has 0 spiro atoms. The average molecular weight is 1480 g/mol. The second kappa shape index (κ2) is 27.3. The van der Waals surface area contributed by atoms with Crippen LogP contribution in [0.1, 0.15) is 112 Å². The van der Waals surface area contributed by atoms with Gasteiger partial charge in [0.1, 0.15) is 11.5 Å². The minimum Gasteiger partial charge on any atom is -0.508 e. The van der Waals surface area contributed by atoms with Gasteiger partial charge in [0.2, 0.25) is 5.95 Å². The summed E-state index contributed by atoms with van der Waals surface area (Å²) in [4.78, 5) is 37.0. The van der Waals surface area contributed by atoms with Crippen LogP contribution in [0.3, 0.4) is 0 Å². The molecule has 0 unspecified atom stereocenters. The lowest BCUT2D eigenvalue weighted by Gasteiger charge is -2.22. The highest BCUT2D eigenvalue weighted by Crippen LogP contribution is 2.44. The Balaban J connectivity index is 0.000000102. The van der Waals surface area contributed by atoms with Gasteiger partial charge in [-0.25, -0.2) is 29.7 Å². The topological polar surface area (TPSA) is 260 Å². The molecule has 0 atom stereocenters. The fraction of sp³-hybridized carbons (Fsp3) is 0.229. The lowest BCUT2D eigenvalue weighted by Crippen LogP contribution is -2.11. The fourth-order valence-corrected chi connectivity index (χ4v) is 16.8. The van der Waals surface area contributed by atoms with Gasteiger partial charge in [0.25, 0.3) is 0 Å². The second-order valence-electron chi connectivity index (χ2n) is 27.7. The predicted octanol–water partition coefficient (Wildman–Crippen LogP) is 17.9. The van der Waals surface area contributed by atoms with Crippen molar-refractivity contribution in [3.8, 4) is 56.5 Å². The summed E-state index contributed by atoms with van der Waals surface area (Å²) in [6, 6.07) is 38.2. The molecule has 512 valence electrons. The van der Waals surface area contributed by atoms with Gasteiger partial charge in [-0.05, 0) is 293 Å². The Kier molecular flexibility index (Phi) is 17.3. The van der Waals surface area contributed by atoms with Gasteiger partial charge < -0.3 is 20.2 Å². The molecule has 9 aromatic heterocycles. The second-order valence-corrected chi connectivity index (χ2v) is 28.8. The van der Waals surface area contributed by atoms with E-state index in [0.29, 0.717) is 23.6 Å². The molecule has 0 aliphatic heterocycles. The van der Waals surface area contributed by atoms with Gasteiger partial charge in [0.15, 0.2) is 0 Å². The van der Waals surface area contributed by atoms with Crippen molar-refractivity contribution in [2.24, 2.45) is 0 Å². The summed E-state index contributed by atoms with van der Waals surface area (Å²) < 4.78 is 14.0. The van der Waals surface area contributed by atoms with E-state index < -0.39 is 11.9 Å². The smallest absolute Gasteiger partial charge is 0.335 e. The van der Waals surface area contributed by atoms with Crippen LogP contribution in [0.15, 0.2) is 152 Å². The SMILES string of the molecule is CN(C)Cc1cc(-c2nc3ccc4[nH]ncc4c3c3c2CCCC3)ccc1O.Fc1ccc(-c2nc3ccc4[nH]ncc4c3c3c2CCCC3)cn1.O=C(O)c1ccc(-c2nc3ccc4[nH]ncc4c3c3c2CCCC3)cc1.Oc1ccc(-c2nc3ccc4[nH]ncc4c3c3c2CCCC3)cc1I. The van der Waals surface area contributed by atoms with E-state index in [1.54, 1.807) is 36.5 Å². The first kappa shape index (κ1) is 65.2. The number of benzene rings is 7. The Morgan fingerprint density at radius 3 is 1.12 bits per heavy atom. The number of nitrogens with zero attached hydrogens (tertiary/aromatic N) is 10. The average Bonchev–Trinajstić information content (AvgIpc) is 1.75. The Bertz CT molecular complexity index is 6020. The highest BCUT2D eigenvalue weighted by Gasteiger charge is 2.27. The number of halogens is 2. The zero-order chi connectivity index (χ0) is 70.0. The van der Waals surface area contributed by atoms with Gasteiger partial charge in [0.05, 0.1) is 101 Å². The number of carbonyl (C=O) groups is 1. The molecule has 7 N–H and O–H groups in total. The van der Waals surface area contributed by atoms with E-state index in [-0.39, 0.29) is 0 Å². The van der Waals surface area contributed by atoms with E-state index >= 15 is 0 Å². The summed E-state index contributed by atoms with van der Waals surface area (Å²) >= 11 is 2.17. The van der Waals surface area contributed by atoms with Crippen LogP contribution in [-0.4, -0.2) is 106 Å². The summed E-state index contributed by atoms with van der Waals surface area (Å²) in [6.07, 6.45) is 27.0. The fourth-order valence-electron chi connectivity index (χ4n) is 16.3. The van der Waals surface area contributed by atoms with Gasteiger partial charge in [-0.15, -0.1) is 0 Å². The first-order valence-corrected chi connectivity index (χ1v) is 36.5. The molecule has 103 heavy (non-hydrogen) atoms. The van der Waals surface area contributed by atoms with Crippen molar-refractivity contribution in [3.63, 3.8) is 0 Å². The van der Waals surface area contributed by atoms with Gasteiger partial charge in [-0.1, -0.05) is 12.1 Å². The molecule has 0 radical (unpaired) electrons. The summed E-state index contributed by atoms with van der Waals surface area (Å²) in [5.41, 5.74) is 28.3. The molecule has 16 aromatic rings. The van der Waals surface area contributed by atoms with E-state index in [0.717, 1.165) is 184 Å². The molecule has 0 saturated heterocycles. The quantitative estimate of drug-likeness (QED) is 0.0578. The van der Waals surface area contributed by atoms with Gasteiger partial charge in [-0.3, -0.25) is 20.4 Å². The molecule has 9 heterocycles. The maximum Gasteiger partial charge on any atom is 0.335 e. The van der Waals surface area contributed by atoms with Crippen LogP contribution in [0.2, 0.25) is 0 Å².